The van der Waals surface area contributed by atoms with Crippen molar-refractivity contribution < 1.29 is 9.53 Å². The predicted octanol–water partition coefficient (Wildman–Crippen LogP) is 6.31. The van der Waals surface area contributed by atoms with Gasteiger partial charge in [-0.15, -0.1) is 0 Å². The predicted molar refractivity (Wildman–Crippen MR) is 132 cm³/mol. The summed E-state index contributed by atoms with van der Waals surface area (Å²) in [6.45, 7) is 9.17. The number of hydrogen-bond donors (Lipinski definition) is 1. The smallest absolute Gasteiger partial charge is 0.410 e. The number of anilines is 2. The Bertz CT molecular complexity index is 1110. The minimum Gasteiger partial charge on any atom is -0.444 e. The molecule has 1 aromatic carbocycles. The summed E-state index contributed by atoms with van der Waals surface area (Å²) in [6.07, 6.45) is 3.43. The zero-order valence-corrected chi connectivity index (χ0v) is 19.8. The second-order valence-electron chi connectivity index (χ2n) is 9.62. The average Bonchev–Trinajstić information content (AvgIpc) is 2.78. The Morgan fingerprint density at radius 1 is 1.03 bits per heavy atom. The van der Waals surface area contributed by atoms with E-state index in [1.165, 1.54) is 5.56 Å². The van der Waals surface area contributed by atoms with Crippen molar-refractivity contribution in [2.24, 2.45) is 0 Å². The van der Waals surface area contributed by atoms with E-state index < -0.39 is 5.60 Å². The fraction of sp³-hybridized carbons (Fsp3) is 0.370. The van der Waals surface area contributed by atoms with Crippen LogP contribution >= 0.6 is 0 Å². The van der Waals surface area contributed by atoms with Gasteiger partial charge in [0, 0.05) is 24.8 Å². The third-order valence-corrected chi connectivity index (χ3v) is 5.72. The summed E-state index contributed by atoms with van der Waals surface area (Å²) in [5, 5.41) is 3.29. The van der Waals surface area contributed by atoms with Gasteiger partial charge in [0.25, 0.3) is 0 Å². The van der Waals surface area contributed by atoms with E-state index in [0.717, 1.165) is 41.3 Å². The van der Waals surface area contributed by atoms with Crippen LogP contribution in [0.2, 0.25) is 0 Å². The Morgan fingerprint density at radius 3 is 2.52 bits per heavy atom. The summed E-state index contributed by atoms with van der Waals surface area (Å²) in [5.74, 6) is 1.97. The maximum atomic E-state index is 12.4. The molecule has 3 heterocycles. The number of carbonyl (C=O) groups excluding carboxylic acids is 1. The molecule has 0 aliphatic carbocycles. The van der Waals surface area contributed by atoms with Crippen LogP contribution in [-0.4, -0.2) is 39.7 Å². The van der Waals surface area contributed by atoms with Crippen LogP contribution in [0.25, 0.3) is 11.3 Å². The van der Waals surface area contributed by atoms with E-state index in [9.17, 15) is 4.79 Å². The number of aromatic nitrogens is 2. The van der Waals surface area contributed by atoms with Crippen LogP contribution < -0.4 is 5.32 Å². The molecule has 1 aliphatic heterocycles. The van der Waals surface area contributed by atoms with Crippen molar-refractivity contribution in [1.29, 1.82) is 0 Å². The molecule has 0 unspecified atom stereocenters. The average molecular weight is 445 g/mol. The molecule has 0 spiro atoms. The summed E-state index contributed by atoms with van der Waals surface area (Å²) in [6, 6.07) is 18.5. The van der Waals surface area contributed by atoms with Gasteiger partial charge in [0.2, 0.25) is 0 Å². The third kappa shape index (κ3) is 6.09. The molecule has 1 N–H and O–H groups in total. The van der Waals surface area contributed by atoms with Gasteiger partial charge < -0.3 is 15.0 Å². The molecule has 0 bridgehead atoms. The summed E-state index contributed by atoms with van der Waals surface area (Å²) >= 11 is 0. The third-order valence-electron chi connectivity index (χ3n) is 5.72. The lowest BCUT2D eigenvalue weighted by Gasteiger charge is -2.33. The molecule has 1 fully saturated rings. The normalized spacial score (nSPS) is 14.7. The molecule has 1 aliphatic rings. The monoisotopic (exact) mass is 444 g/mol. The minimum absolute atomic E-state index is 0.216. The Hall–Kier alpha value is -3.41. The van der Waals surface area contributed by atoms with E-state index in [-0.39, 0.29) is 6.09 Å². The summed E-state index contributed by atoms with van der Waals surface area (Å²) in [4.78, 5) is 23.3. The number of nitrogens with zero attached hydrogens (tertiary/aromatic N) is 3. The number of rotatable bonds is 4. The van der Waals surface area contributed by atoms with Crippen molar-refractivity contribution in [1.82, 2.24) is 14.9 Å². The number of hydrogen-bond acceptors (Lipinski definition) is 5. The van der Waals surface area contributed by atoms with Crippen LogP contribution in [0.1, 0.15) is 50.7 Å². The SMILES string of the molecule is Cc1ccnc(Nc2cccc(-c3cccc(C4CCN(C(=O)OC(C)(C)C)CC4)c3)n2)c1. The van der Waals surface area contributed by atoms with Crippen molar-refractivity contribution in [2.75, 3.05) is 18.4 Å². The molecule has 33 heavy (non-hydrogen) atoms. The lowest BCUT2D eigenvalue weighted by atomic mass is 9.88. The first-order chi connectivity index (χ1) is 15.8. The molecule has 1 amide bonds. The van der Waals surface area contributed by atoms with Crippen LogP contribution in [0.3, 0.4) is 0 Å². The number of amides is 1. The van der Waals surface area contributed by atoms with Gasteiger partial charge in [0.05, 0.1) is 5.69 Å². The van der Waals surface area contributed by atoms with E-state index >= 15 is 0 Å². The molecular formula is C27H32N4O2. The van der Waals surface area contributed by atoms with Crippen molar-refractivity contribution >= 4 is 17.7 Å². The van der Waals surface area contributed by atoms with E-state index in [1.54, 1.807) is 6.20 Å². The number of nitrogens with one attached hydrogen (secondary N) is 1. The molecule has 6 heteroatoms. The first kappa shape index (κ1) is 22.8. The van der Waals surface area contributed by atoms with E-state index in [2.05, 4.69) is 34.6 Å². The molecule has 172 valence electrons. The number of likely N-dealkylation sites (tertiary alicyclic amines) is 1. The first-order valence-electron chi connectivity index (χ1n) is 11.5. The molecule has 2 aromatic heterocycles. The molecule has 4 rings (SSSR count). The maximum absolute atomic E-state index is 12.4. The molecule has 0 radical (unpaired) electrons. The standard InChI is InChI=1S/C27H32N4O2/c1-19-11-14-28-25(17-19)30-24-10-6-9-23(29-24)22-8-5-7-21(18-22)20-12-15-31(16-13-20)26(32)33-27(2,3)4/h5-11,14,17-18,20H,12-13,15-16H2,1-4H3,(H,28,29,30). The van der Waals surface area contributed by atoms with Crippen LogP contribution in [0, 0.1) is 6.92 Å². The number of pyridine rings is 2. The number of carbonyl (C=O) groups is 1. The largest absolute Gasteiger partial charge is 0.444 e. The second kappa shape index (κ2) is 9.61. The van der Waals surface area contributed by atoms with Gasteiger partial charge >= 0.3 is 6.09 Å². The molecule has 0 saturated carbocycles. The fourth-order valence-corrected chi connectivity index (χ4v) is 4.07. The van der Waals surface area contributed by atoms with E-state index in [0.29, 0.717) is 19.0 Å². The number of aryl methyl sites for hydroxylation is 1. The number of benzene rings is 1. The van der Waals surface area contributed by atoms with Gasteiger partial charge in [-0.2, -0.15) is 0 Å². The van der Waals surface area contributed by atoms with Gasteiger partial charge in [0.15, 0.2) is 0 Å². The highest BCUT2D eigenvalue weighted by molar-refractivity contribution is 5.68. The zero-order valence-electron chi connectivity index (χ0n) is 19.8. The Morgan fingerprint density at radius 2 is 1.79 bits per heavy atom. The summed E-state index contributed by atoms with van der Waals surface area (Å²) < 4.78 is 5.52. The van der Waals surface area contributed by atoms with Gasteiger partial charge in [-0.1, -0.05) is 24.3 Å². The highest BCUT2D eigenvalue weighted by atomic mass is 16.6. The molecule has 6 nitrogen and oxygen atoms in total. The van der Waals surface area contributed by atoms with Gasteiger partial charge in [0.1, 0.15) is 17.2 Å². The zero-order chi connectivity index (χ0) is 23.4. The van der Waals surface area contributed by atoms with E-state index in [1.807, 2.05) is 62.9 Å². The summed E-state index contributed by atoms with van der Waals surface area (Å²) in [7, 11) is 0. The maximum Gasteiger partial charge on any atom is 0.410 e. The number of ether oxygens (including phenoxy) is 1. The molecule has 0 atom stereocenters. The van der Waals surface area contributed by atoms with E-state index in [4.69, 9.17) is 9.72 Å². The Kier molecular flexibility index (Phi) is 6.63. The van der Waals surface area contributed by atoms with Crippen LogP contribution in [-0.2, 0) is 4.74 Å². The first-order valence-corrected chi connectivity index (χ1v) is 11.5. The fourth-order valence-electron chi connectivity index (χ4n) is 4.07. The highest BCUT2D eigenvalue weighted by Gasteiger charge is 2.27. The summed E-state index contributed by atoms with van der Waals surface area (Å²) in [5.41, 5.74) is 3.98. The van der Waals surface area contributed by atoms with Crippen LogP contribution in [0.5, 0.6) is 0 Å². The molecule has 3 aromatic rings. The lowest BCUT2D eigenvalue weighted by molar-refractivity contribution is 0.0205. The molecule has 1 saturated heterocycles. The Labute approximate surface area is 196 Å². The Balaban J connectivity index is 1.44. The highest BCUT2D eigenvalue weighted by Crippen LogP contribution is 2.31. The van der Waals surface area contributed by atoms with Gasteiger partial charge in [-0.3, -0.25) is 0 Å². The van der Waals surface area contributed by atoms with Crippen molar-refractivity contribution in [3.05, 3.63) is 71.9 Å². The lowest BCUT2D eigenvalue weighted by Crippen LogP contribution is -2.41. The van der Waals surface area contributed by atoms with Crippen molar-refractivity contribution in [2.45, 2.75) is 52.1 Å². The topological polar surface area (TPSA) is 67.4 Å². The van der Waals surface area contributed by atoms with Gasteiger partial charge in [-0.25, -0.2) is 14.8 Å². The second-order valence-corrected chi connectivity index (χ2v) is 9.62. The van der Waals surface area contributed by atoms with Crippen LogP contribution in [0.15, 0.2) is 60.8 Å². The van der Waals surface area contributed by atoms with Crippen LogP contribution in [0.4, 0.5) is 16.4 Å². The minimum atomic E-state index is -0.464. The van der Waals surface area contributed by atoms with Gasteiger partial charge in [-0.05, 0) is 87.9 Å². The quantitative estimate of drug-likeness (QED) is 0.511. The molecular weight excluding hydrogens is 412 g/mol. The van der Waals surface area contributed by atoms with Crippen molar-refractivity contribution in [3.63, 3.8) is 0 Å². The van der Waals surface area contributed by atoms with Crippen molar-refractivity contribution in [3.8, 4) is 11.3 Å². The number of piperidine rings is 1.